The standard InChI is InChI=1S/C11H18O7S/c1-2-3-5-8(10(12)13)9(11(14)15)6-4-7-19(16,17)18/h2-7H2,1H3,(H,12,13)(H,14,15)(H,16,17,18)/b9-8-. The fourth-order valence-corrected chi connectivity index (χ4v) is 2.07. The van der Waals surface area contributed by atoms with Gasteiger partial charge >= 0.3 is 11.9 Å². The topological polar surface area (TPSA) is 129 Å². The fraction of sp³-hybridized carbons (Fsp3) is 0.636. The molecule has 0 aliphatic rings. The summed E-state index contributed by atoms with van der Waals surface area (Å²) in [5.41, 5.74) is -0.505. The fourth-order valence-electron chi connectivity index (χ4n) is 1.56. The van der Waals surface area contributed by atoms with Crippen LogP contribution in [0.15, 0.2) is 11.1 Å². The van der Waals surface area contributed by atoms with Gasteiger partial charge in [0.25, 0.3) is 10.1 Å². The predicted molar refractivity (Wildman–Crippen MR) is 67.5 cm³/mol. The molecule has 8 heteroatoms. The van der Waals surface area contributed by atoms with E-state index in [0.29, 0.717) is 12.8 Å². The predicted octanol–water partition coefficient (Wildman–Crippen LogP) is 1.31. The molecule has 0 fully saturated rings. The van der Waals surface area contributed by atoms with Crippen molar-refractivity contribution in [2.24, 2.45) is 0 Å². The zero-order valence-electron chi connectivity index (χ0n) is 10.6. The first kappa shape index (κ1) is 17.6. The Kier molecular flexibility index (Phi) is 7.32. The molecule has 0 aromatic carbocycles. The Balaban J connectivity index is 5.01. The van der Waals surface area contributed by atoms with Crippen LogP contribution in [0.3, 0.4) is 0 Å². The van der Waals surface area contributed by atoms with Crippen molar-refractivity contribution in [3.05, 3.63) is 11.1 Å². The number of rotatable bonds is 9. The molecule has 0 amide bonds. The summed E-state index contributed by atoms with van der Waals surface area (Å²) in [7, 11) is -4.17. The molecule has 0 aliphatic carbocycles. The summed E-state index contributed by atoms with van der Waals surface area (Å²) < 4.78 is 29.6. The van der Waals surface area contributed by atoms with Gasteiger partial charge in [0.05, 0.1) is 5.75 Å². The van der Waals surface area contributed by atoms with Gasteiger partial charge in [-0.3, -0.25) is 4.55 Å². The Labute approximate surface area is 111 Å². The van der Waals surface area contributed by atoms with Crippen LogP contribution < -0.4 is 0 Å². The Morgan fingerprint density at radius 2 is 1.37 bits per heavy atom. The molecule has 0 spiro atoms. The molecular weight excluding hydrogens is 276 g/mol. The van der Waals surface area contributed by atoms with Gasteiger partial charge in [-0.05, 0) is 25.7 Å². The Morgan fingerprint density at radius 1 is 0.947 bits per heavy atom. The monoisotopic (exact) mass is 294 g/mol. The van der Waals surface area contributed by atoms with E-state index in [0.717, 1.165) is 0 Å². The first-order valence-electron chi connectivity index (χ1n) is 5.82. The number of carboxylic acids is 2. The molecule has 0 radical (unpaired) electrons. The van der Waals surface area contributed by atoms with E-state index >= 15 is 0 Å². The molecular formula is C11H18O7S. The molecule has 0 atom stereocenters. The average molecular weight is 294 g/mol. The third kappa shape index (κ3) is 7.58. The summed E-state index contributed by atoms with van der Waals surface area (Å²) in [4.78, 5) is 22.1. The van der Waals surface area contributed by atoms with Crippen molar-refractivity contribution in [1.82, 2.24) is 0 Å². The minimum Gasteiger partial charge on any atom is -0.478 e. The highest BCUT2D eigenvalue weighted by molar-refractivity contribution is 7.85. The van der Waals surface area contributed by atoms with Gasteiger partial charge < -0.3 is 10.2 Å². The Bertz CT molecular complexity index is 461. The zero-order chi connectivity index (χ0) is 15.1. The lowest BCUT2D eigenvalue weighted by Crippen LogP contribution is -2.13. The molecule has 3 N–H and O–H groups in total. The van der Waals surface area contributed by atoms with Gasteiger partial charge in [-0.15, -0.1) is 0 Å². The van der Waals surface area contributed by atoms with Crippen molar-refractivity contribution < 1.29 is 32.8 Å². The maximum absolute atomic E-state index is 11.0. The van der Waals surface area contributed by atoms with E-state index < -0.39 is 27.8 Å². The minimum atomic E-state index is -4.17. The lowest BCUT2D eigenvalue weighted by Gasteiger charge is -2.08. The summed E-state index contributed by atoms with van der Waals surface area (Å²) in [6, 6.07) is 0. The molecule has 0 aliphatic heterocycles. The van der Waals surface area contributed by atoms with Crippen LogP contribution in [0.25, 0.3) is 0 Å². The summed E-state index contributed by atoms with van der Waals surface area (Å²) in [5, 5.41) is 18.0. The lowest BCUT2D eigenvalue weighted by atomic mass is 9.99. The molecule has 0 aromatic rings. The highest BCUT2D eigenvalue weighted by Gasteiger charge is 2.20. The van der Waals surface area contributed by atoms with E-state index in [4.69, 9.17) is 14.8 Å². The lowest BCUT2D eigenvalue weighted by molar-refractivity contribution is -0.136. The van der Waals surface area contributed by atoms with Crippen LogP contribution in [0.5, 0.6) is 0 Å². The zero-order valence-corrected chi connectivity index (χ0v) is 11.4. The molecule has 0 saturated heterocycles. The SMILES string of the molecule is CCCC/C(C(=O)O)=C(\CCCS(=O)(=O)O)C(=O)O. The van der Waals surface area contributed by atoms with Crippen LogP contribution in [0.1, 0.15) is 39.0 Å². The van der Waals surface area contributed by atoms with Crippen LogP contribution in [0.2, 0.25) is 0 Å². The van der Waals surface area contributed by atoms with Gasteiger partial charge in [0, 0.05) is 11.1 Å². The number of carbonyl (C=O) groups is 2. The second kappa shape index (κ2) is 7.90. The average Bonchev–Trinajstić information content (AvgIpc) is 2.24. The Hall–Kier alpha value is -1.41. The largest absolute Gasteiger partial charge is 0.478 e. The maximum Gasteiger partial charge on any atom is 0.332 e. The highest BCUT2D eigenvalue weighted by Crippen LogP contribution is 2.18. The van der Waals surface area contributed by atoms with Crippen LogP contribution >= 0.6 is 0 Å². The van der Waals surface area contributed by atoms with E-state index in [2.05, 4.69) is 0 Å². The molecule has 19 heavy (non-hydrogen) atoms. The second-order valence-corrected chi connectivity index (χ2v) is 5.63. The van der Waals surface area contributed by atoms with E-state index in [1.807, 2.05) is 6.92 Å². The normalized spacial score (nSPS) is 12.9. The van der Waals surface area contributed by atoms with Crippen molar-refractivity contribution in [3.8, 4) is 0 Å². The molecule has 7 nitrogen and oxygen atoms in total. The minimum absolute atomic E-state index is 0.124. The first-order chi connectivity index (χ1) is 8.69. The van der Waals surface area contributed by atoms with Gasteiger partial charge in [0.2, 0.25) is 0 Å². The van der Waals surface area contributed by atoms with Gasteiger partial charge in [0.15, 0.2) is 0 Å². The highest BCUT2D eigenvalue weighted by atomic mass is 32.2. The van der Waals surface area contributed by atoms with Crippen molar-refractivity contribution in [1.29, 1.82) is 0 Å². The third-order valence-electron chi connectivity index (χ3n) is 2.49. The molecule has 0 aromatic heterocycles. The Morgan fingerprint density at radius 3 is 1.68 bits per heavy atom. The van der Waals surface area contributed by atoms with Crippen LogP contribution in [-0.4, -0.2) is 40.9 Å². The molecule has 0 unspecified atom stereocenters. The molecule has 0 bridgehead atoms. The van der Waals surface area contributed by atoms with E-state index in [1.165, 1.54) is 0 Å². The summed E-state index contributed by atoms with van der Waals surface area (Å²) in [6.45, 7) is 1.85. The maximum atomic E-state index is 11.0. The van der Waals surface area contributed by atoms with Crippen molar-refractivity contribution in [2.45, 2.75) is 39.0 Å². The van der Waals surface area contributed by atoms with Crippen molar-refractivity contribution in [2.75, 3.05) is 5.75 Å². The third-order valence-corrected chi connectivity index (χ3v) is 3.29. The summed E-state index contributed by atoms with van der Waals surface area (Å²) in [5.74, 6) is -3.27. The molecule has 110 valence electrons. The van der Waals surface area contributed by atoms with Gasteiger partial charge in [0.1, 0.15) is 0 Å². The van der Waals surface area contributed by atoms with Gasteiger partial charge in [-0.25, -0.2) is 9.59 Å². The smallest absolute Gasteiger partial charge is 0.332 e. The van der Waals surface area contributed by atoms with E-state index in [-0.39, 0.29) is 30.4 Å². The molecule has 0 rings (SSSR count). The number of carboxylic acid groups (broad SMARTS) is 2. The van der Waals surface area contributed by atoms with Crippen molar-refractivity contribution in [3.63, 3.8) is 0 Å². The van der Waals surface area contributed by atoms with Crippen LogP contribution in [-0.2, 0) is 19.7 Å². The number of aliphatic carboxylic acids is 2. The van der Waals surface area contributed by atoms with E-state index in [1.54, 1.807) is 0 Å². The molecule has 0 saturated carbocycles. The van der Waals surface area contributed by atoms with Gasteiger partial charge in [-0.1, -0.05) is 13.3 Å². The quantitative estimate of drug-likeness (QED) is 0.432. The number of hydrogen-bond donors (Lipinski definition) is 3. The summed E-state index contributed by atoms with van der Waals surface area (Å²) >= 11 is 0. The van der Waals surface area contributed by atoms with Crippen LogP contribution in [0.4, 0.5) is 0 Å². The van der Waals surface area contributed by atoms with Crippen LogP contribution in [0, 0.1) is 0 Å². The van der Waals surface area contributed by atoms with Crippen molar-refractivity contribution >= 4 is 22.1 Å². The number of hydrogen-bond acceptors (Lipinski definition) is 4. The summed E-state index contributed by atoms with van der Waals surface area (Å²) in [6.07, 6.45) is 1.04. The first-order valence-corrected chi connectivity index (χ1v) is 7.43. The van der Waals surface area contributed by atoms with E-state index in [9.17, 15) is 18.0 Å². The molecule has 0 heterocycles. The number of unbranched alkanes of at least 4 members (excludes halogenated alkanes) is 1. The second-order valence-electron chi connectivity index (χ2n) is 4.06. The van der Waals surface area contributed by atoms with Gasteiger partial charge in [-0.2, -0.15) is 8.42 Å².